The van der Waals surface area contributed by atoms with Crippen molar-refractivity contribution in [1.29, 1.82) is 0 Å². The molecule has 8 heteroatoms. The molecule has 0 saturated carbocycles. The van der Waals surface area contributed by atoms with Crippen molar-refractivity contribution >= 4 is 29.6 Å². The van der Waals surface area contributed by atoms with Crippen LogP contribution in [0.25, 0.3) is 6.08 Å². The number of carbonyl (C=O) groups is 3. The molecule has 0 aliphatic carbocycles. The molecule has 0 spiro atoms. The highest BCUT2D eigenvalue weighted by atomic mass is 19.1. The summed E-state index contributed by atoms with van der Waals surface area (Å²) < 4.78 is 25.2. The predicted molar refractivity (Wildman–Crippen MR) is 129 cm³/mol. The Balaban J connectivity index is 1.71. The molecule has 0 aromatic heterocycles. The standard InChI is InChI=1S/C27H23FN2O5/c1-3-17-8-5-7-11-23(17)30-26(32)21(25(31)29-27(30)33)14-18-12-13-20(34-2)15-24(18)35-16-19-9-4-6-10-22(19)28/h4-15H,3,16H2,1-2H3,(H,29,31,33)/b21-14-. The summed E-state index contributed by atoms with van der Waals surface area (Å²) >= 11 is 0. The SMILES string of the molecule is CCc1ccccc1N1C(=O)NC(=O)/C(=C/c2ccc(OC)cc2OCc2ccccc2F)C1=O. The number of methoxy groups -OCH3 is 1. The number of nitrogens with one attached hydrogen (secondary N) is 1. The molecule has 1 N–H and O–H groups in total. The van der Waals surface area contributed by atoms with E-state index in [1.807, 2.05) is 19.1 Å². The number of nitrogens with zero attached hydrogens (tertiary/aromatic N) is 1. The molecule has 0 unspecified atom stereocenters. The summed E-state index contributed by atoms with van der Waals surface area (Å²) in [7, 11) is 1.49. The molecule has 3 aromatic rings. The molecule has 0 atom stereocenters. The summed E-state index contributed by atoms with van der Waals surface area (Å²) in [5.41, 5.74) is 1.67. The summed E-state index contributed by atoms with van der Waals surface area (Å²) in [6, 6.07) is 17.2. The Hall–Kier alpha value is -4.46. The van der Waals surface area contributed by atoms with E-state index in [1.165, 1.54) is 19.3 Å². The topological polar surface area (TPSA) is 84.9 Å². The van der Waals surface area contributed by atoms with E-state index in [2.05, 4.69) is 5.32 Å². The smallest absolute Gasteiger partial charge is 0.335 e. The number of hydrogen-bond acceptors (Lipinski definition) is 5. The maximum absolute atomic E-state index is 14.1. The lowest BCUT2D eigenvalue weighted by Gasteiger charge is -2.28. The lowest BCUT2D eigenvalue weighted by Crippen LogP contribution is -2.54. The van der Waals surface area contributed by atoms with Crippen molar-refractivity contribution in [2.24, 2.45) is 0 Å². The molecule has 1 saturated heterocycles. The number of barbiturate groups is 1. The van der Waals surface area contributed by atoms with Crippen LogP contribution in [-0.2, 0) is 22.6 Å². The van der Waals surface area contributed by atoms with Gasteiger partial charge < -0.3 is 9.47 Å². The first kappa shape index (κ1) is 23.7. The molecule has 178 valence electrons. The van der Waals surface area contributed by atoms with Crippen LogP contribution in [0.4, 0.5) is 14.9 Å². The summed E-state index contributed by atoms with van der Waals surface area (Å²) in [5, 5.41) is 2.23. The van der Waals surface area contributed by atoms with Crippen LogP contribution < -0.4 is 19.7 Å². The normalized spacial score (nSPS) is 14.8. The van der Waals surface area contributed by atoms with Crippen LogP contribution in [0.3, 0.4) is 0 Å². The van der Waals surface area contributed by atoms with Crippen molar-refractivity contribution in [2.45, 2.75) is 20.0 Å². The Bertz CT molecular complexity index is 1330. The lowest BCUT2D eigenvalue weighted by atomic mass is 10.0. The fourth-order valence-corrected chi connectivity index (χ4v) is 3.72. The van der Waals surface area contributed by atoms with Crippen molar-refractivity contribution in [3.05, 3.63) is 94.8 Å². The molecule has 1 fully saturated rings. The largest absolute Gasteiger partial charge is 0.497 e. The number of ether oxygens (including phenoxy) is 2. The van der Waals surface area contributed by atoms with E-state index in [1.54, 1.807) is 48.5 Å². The van der Waals surface area contributed by atoms with Gasteiger partial charge in [0.1, 0.15) is 29.5 Å². The van der Waals surface area contributed by atoms with Gasteiger partial charge in [-0.15, -0.1) is 0 Å². The minimum Gasteiger partial charge on any atom is -0.497 e. The molecule has 1 aliphatic rings. The summed E-state index contributed by atoms with van der Waals surface area (Å²) in [6.45, 7) is 1.83. The number of aryl methyl sites for hydroxylation is 1. The predicted octanol–water partition coefficient (Wildman–Crippen LogP) is 4.64. The Morgan fingerprint density at radius 2 is 1.69 bits per heavy atom. The van der Waals surface area contributed by atoms with E-state index in [-0.39, 0.29) is 17.9 Å². The molecule has 1 aliphatic heterocycles. The second-order valence-electron chi connectivity index (χ2n) is 7.72. The van der Waals surface area contributed by atoms with Crippen molar-refractivity contribution in [3.8, 4) is 11.5 Å². The van der Waals surface area contributed by atoms with Crippen LogP contribution in [0.1, 0.15) is 23.6 Å². The number of urea groups is 1. The summed E-state index contributed by atoms with van der Waals surface area (Å²) in [5.74, 6) is -1.24. The molecule has 4 rings (SSSR count). The Kier molecular flexibility index (Phi) is 6.91. The van der Waals surface area contributed by atoms with Crippen molar-refractivity contribution < 1.29 is 28.2 Å². The van der Waals surface area contributed by atoms with Gasteiger partial charge in [-0.05, 0) is 42.3 Å². The molecular formula is C27H23FN2O5. The Morgan fingerprint density at radius 3 is 2.40 bits per heavy atom. The molecule has 4 amide bonds. The first-order valence-electron chi connectivity index (χ1n) is 11.0. The fraction of sp³-hybridized carbons (Fsp3) is 0.148. The third-order valence-corrected chi connectivity index (χ3v) is 5.58. The van der Waals surface area contributed by atoms with E-state index in [0.29, 0.717) is 29.0 Å². The number of para-hydroxylation sites is 1. The average molecular weight is 474 g/mol. The van der Waals surface area contributed by atoms with Gasteiger partial charge in [0, 0.05) is 17.2 Å². The number of rotatable bonds is 7. The van der Waals surface area contributed by atoms with Gasteiger partial charge in [0.2, 0.25) is 0 Å². The number of hydrogen-bond donors (Lipinski definition) is 1. The average Bonchev–Trinajstić information content (AvgIpc) is 2.86. The monoisotopic (exact) mass is 474 g/mol. The van der Waals surface area contributed by atoms with Gasteiger partial charge in [0.15, 0.2) is 0 Å². The van der Waals surface area contributed by atoms with E-state index in [0.717, 1.165) is 10.5 Å². The quantitative estimate of drug-likeness (QED) is 0.398. The van der Waals surface area contributed by atoms with Crippen molar-refractivity contribution in [3.63, 3.8) is 0 Å². The zero-order valence-corrected chi connectivity index (χ0v) is 19.2. The zero-order valence-electron chi connectivity index (χ0n) is 19.2. The zero-order chi connectivity index (χ0) is 24.9. The molecule has 0 radical (unpaired) electrons. The number of imide groups is 2. The molecule has 1 heterocycles. The second kappa shape index (κ2) is 10.2. The lowest BCUT2D eigenvalue weighted by molar-refractivity contribution is -0.122. The van der Waals surface area contributed by atoms with Crippen LogP contribution in [0.5, 0.6) is 11.5 Å². The minimum atomic E-state index is -0.818. The third kappa shape index (κ3) is 4.91. The Labute approximate surface area is 201 Å². The number of carbonyl (C=O) groups excluding carboxylic acids is 3. The van der Waals surface area contributed by atoms with Crippen molar-refractivity contribution in [2.75, 3.05) is 12.0 Å². The molecule has 7 nitrogen and oxygen atoms in total. The van der Waals surface area contributed by atoms with Gasteiger partial charge in [0.25, 0.3) is 11.8 Å². The van der Waals surface area contributed by atoms with E-state index < -0.39 is 23.7 Å². The maximum atomic E-state index is 14.1. The molecule has 3 aromatic carbocycles. The van der Waals surface area contributed by atoms with Gasteiger partial charge >= 0.3 is 6.03 Å². The third-order valence-electron chi connectivity index (χ3n) is 5.58. The van der Waals surface area contributed by atoms with Crippen molar-refractivity contribution in [1.82, 2.24) is 5.32 Å². The first-order chi connectivity index (χ1) is 16.9. The van der Waals surface area contributed by atoms with Crippen LogP contribution >= 0.6 is 0 Å². The van der Waals surface area contributed by atoms with Crippen LogP contribution in [0, 0.1) is 5.82 Å². The fourth-order valence-electron chi connectivity index (χ4n) is 3.72. The van der Waals surface area contributed by atoms with E-state index in [9.17, 15) is 18.8 Å². The maximum Gasteiger partial charge on any atom is 0.335 e. The summed E-state index contributed by atoms with van der Waals surface area (Å²) in [4.78, 5) is 39.5. The number of anilines is 1. The molecular weight excluding hydrogens is 451 g/mol. The van der Waals surface area contributed by atoms with Gasteiger partial charge in [-0.3, -0.25) is 14.9 Å². The minimum absolute atomic E-state index is 0.0787. The second-order valence-corrected chi connectivity index (χ2v) is 7.72. The van der Waals surface area contributed by atoms with Gasteiger partial charge in [0.05, 0.1) is 12.8 Å². The molecule has 0 bridgehead atoms. The van der Waals surface area contributed by atoms with Crippen LogP contribution in [0.2, 0.25) is 0 Å². The molecule has 35 heavy (non-hydrogen) atoms. The highest BCUT2D eigenvalue weighted by Gasteiger charge is 2.37. The van der Waals surface area contributed by atoms with Gasteiger partial charge in [-0.2, -0.15) is 0 Å². The van der Waals surface area contributed by atoms with E-state index in [4.69, 9.17) is 9.47 Å². The number of amides is 4. The van der Waals surface area contributed by atoms with E-state index >= 15 is 0 Å². The van der Waals surface area contributed by atoms with Crippen LogP contribution in [0.15, 0.2) is 72.3 Å². The first-order valence-corrected chi connectivity index (χ1v) is 11.0. The van der Waals surface area contributed by atoms with Crippen LogP contribution in [-0.4, -0.2) is 25.0 Å². The summed E-state index contributed by atoms with van der Waals surface area (Å²) in [6.07, 6.45) is 1.94. The van der Waals surface area contributed by atoms with Gasteiger partial charge in [-0.1, -0.05) is 43.3 Å². The highest BCUT2D eigenvalue weighted by Crippen LogP contribution is 2.30. The number of benzene rings is 3. The van der Waals surface area contributed by atoms with Gasteiger partial charge in [-0.25, -0.2) is 14.1 Å². The highest BCUT2D eigenvalue weighted by molar-refractivity contribution is 6.39. The number of halogens is 1. The Morgan fingerprint density at radius 1 is 0.971 bits per heavy atom.